The van der Waals surface area contributed by atoms with Gasteiger partial charge in [-0.25, -0.2) is 9.18 Å². The zero-order valence-corrected chi connectivity index (χ0v) is 13.1. The minimum absolute atomic E-state index is 0.185. The quantitative estimate of drug-likeness (QED) is 0.786. The van der Waals surface area contributed by atoms with Gasteiger partial charge in [0.25, 0.3) is 0 Å². The van der Waals surface area contributed by atoms with E-state index in [2.05, 4.69) is 20.8 Å². The molecule has 22 heavy (non-hydrogen) atoms. The summed E-state index contributed by atoms with van der Waals surface area (Å²) in [7, 11) is 0. The molecule has 0 unspecified atom stereocenters. The number of rotatable bonds is 5. The summed E-state index contributed by atoms with van der Waals surface area (Å²) >= 11 is 1.18. The first-order chi connectivity index (χ1) is 10.4. The number of carbonyl (C=O) groups excluding carboxylic acids is 1. The molecule has 0 radical (unpaired) electrons. The summed E-state index contributed by atoms with van der Waals surface area (Å²) in [4.78, 5) is 11.8. The van der Waals surface area contributed by atoms with E-state index in [1.54, 1.807) is 32.0 Å². The third-order valence-corrected chi connectivity index (χ3v) is 3.67. The molecular formula is C14H17FN4O2S. The van der Waals surface area contributed by atoms with Gasteiger partial charge in [-0.2, -0.15) is 0 Å². The number of benzene rings is 1. The number of hydrogen-bond acceptors (Lipinski definition) is 5. The van der Waals surface area contributed by atoms with Crippen LogP contribution in [0.25, 0.3) is 0 Å². The van der Waals surface area contributed by atoms with Crippen molar-refractivity contribution in [3.63, 3.8) is 0 Å². The van der Waals surface area contributed by atoms with Gasteiger partial charge in [0.15, 0.2) is 0 Å². The van der Waals surface area contributed by atoms with Gasteiger partial charge in [0.2, 0.25) is 5.13 Å². The summed E-state index contributed by atoms with van der Waals surface area (Å²) in [6.07, 6.45) is 0.315. The predicted octanol–water partition coefficient (Wildman–Crippen LogP) is 2.16. The number of hydrogen-bond donors (Lipinski definition) is 3. The van der Waals surface area contributed by atoms with Crippen LogP contribution in [0, 0.1) is 5.82 Å². The molecule has 2 aromatic rings. The van der Waals surface area contributed by atoms with Crippen molar-refractivity contribution in [3.05, 3.63) is 40.7 Å². The van der Waals surface area contributed by atoms with E-state index in [9.17, 15) is 9.18 Å². The maximum Gasteiger partial charge on any atom is 0.321 e. The van der Waals surface area contributed by atoms with Gasteiger partial charge in [-0.05, 0) is 25.5 Å². The third-order valence-electron chi connectivity index (χ3n) is 2.83. The number of aliphatic hydroxyl groups is 1. The molecule has 0 bridgehead atoms. The molecule has 0 aliphatic rings. The van der Waals surface area contributed by atoms with Crippen LogP contribution in [0.15, 0.2) is 24.3 Å². The lowest BCUT2D eigenvalue weighted by Gasteiger charge is -2.22. The molecule has 0 aliphatic carbocycles. The number of aliphatic hydroxyl groups excluding tert-OH is 1. The fourth-order valence-electron chi connectivity index (χ4n) is 1.66. The average Bonchev–Trinajstić information content (AvgIpc) is 2.88. The molecule has 8 heteroatoms. The van der Waals surface area contributed by atoms with Crippen molar-refractivity contribution in [2.24, 2.45) is 0 Å². The highest BCUT2D eigenvalue weighted by Crippen LogP contribution is 2.20. The van der Waals surface area contributed by atoms with E-state index in [4.69, 9.17) is 5.11 Å². The highest BCUT2D eigenvalue weighted by molar-refractivity contribution is 7.15. The fraction of sp³-hybridized carbons (Fsp3) is 0.357. The third kappa shape index (κ3) is 4.47. The van der Waals surface area contributed by atoms with E-state index in [1.165, 1.54) is 17.4 Å². The number of anilines is 1. The van der Waals surface area contributed by atoms with Gasteiger partial charge in [-0.15, -0.1) is 10.2 Å². The molecule has 0 atom stereocenters. The van der Waals surface area contributed by atoms with Crippen molar-refractivity contribution in [1.29, 1.82) is 0 Å². The number of carbonyl (C=O) groups is 1. The molecule has 6 nitrogen and oxygen atoms in total. The largest absolute Gasteiger partial charge is 0.394 e. The molecule has 0 fully saturated rings. The van der Waals surface area contributed by atoms with Gasteiger partial charge in [0, 0.05) is 6.42 Å². The number of halogens is 1. The van der Waals surface area contributed by atoms with E-state index in [-0.39, 0.29) is 12.4 Å². The molecule has 0 aliphatic heterocycles. The topological polar surface area (TPSA) is 87.1 Å². The van der Waals surface area contributed by atoms with E-state index >= 15 is 0 Å². The summed E-state index contributed by atoms with van der Waals surface area (Å²) < 4.78 is 13.6. The van der Waals surface area contributed by atoms with Crippen LogP contribution in [0.4, 0.5) is 14.3 Å². The Morgan fingerprint density at radius 1 is 1.36 bits per heavy atom. The number of amides is 2. The molecule has 0 saturated carbocycles. The molecule has 118 valence electrons. The fourth-order valence-corrected chi connectivity index (χ4v) is 2.41. The first-order valence-corrected chi connectivity index (χ1v) is 7.47. The van der Waals surface area contributed by atoms with Gasteiger partial charge in [0.05, 0.1) is 12.1 Å². The minimum Gasteiger partial charge on any atom is -0.394 e. The Hall–Kier alpha value is -2.06. The minimum atomic E-state index is -0.731. The monoisotopic (exact) mass is 324 g/mol. The Labute approximate surface area is 131 Å². The first kappa shape index (κ1) is 16.3. The molecule has 0 saturated heterocycles. The molecule has 2 amide bonds. The molecule has 1 heterocycles. The number of nitrogens with zero attached hydrogens (tertiary/aromatic N) is 2. The number of urea groups is 1. The van der Waals surface area contributed by atoms with Gasteiger partial charge in [0.1, 0.15) is 10.8 Å². The summed E-state index contributed by atoms with van der Waals surface area (Å²) in [5.41, 5.74) is -0.207. The lowest BCUT2D eigenvalue weighted by Crippen LogP contribution is -2.48. The van der Waals surface area contributed by atoms with Crippen molar-refractivity contribution in [2.75, 3.05) is 11.9 Å². The van der Waals surface area contributed by atoms with Crippen molar-refractivity contribution < 1.29 is 14.3 Å². The lowest BCUT2D eigenvalue weighted by molar-refractivity contribution is 0.187. The van der Waals surface area contributed by atoms with Crippen LogP contribution in [0.2, 0.25) is 0 Å². The molecule has 0 spiro atoms. The van der Waals surface area contributed by atoms with Gasteiger partial charge < -0.3 is 10.4 Å². The number of nitrogens with one attached hydrogen (secondary N) is 2. The zero-order valence-electron chi connectivity index (χ0n) is 12.3. The summed E-state index contributed by atoms with van der Waals surface area (Å²) in [5, 5.41) is 22.9. The summed E-state index contributed by atoms with van der Waals surface area (Å²) in [6.45, 7) is 3.20. The Kier molecular flexibility index (Phi) is 5.04. The van der Waals surface area contributed by atoms with Crippen molar-refractivity contribution >= 4 is 22.5 Å². The molecule has 1 aromatic heterocycles. The highest BCUT2D eigenvalue weighted by atomic mass is 32.1. The molecule has 3 N–H and O–H groups in total. The maximum atomic E-state index is 13.6. The van der Waals surface area contributed by atoms with Crippen LogP contribution in [0.3, 0.4) is 0 Å². The first-order valence-electron chi connectivity index (χ1n) is 6.65. The average molecular weight is 324 g/mol. The smallest absolute Gasteiger partial charge is 0.321 e. The van der Waals surface area contributed by atoms with E-state index in [0.29, 0.717) is 22.1 Å². The number of aromatic nitrogens is 2. The second kappa shape index (κ2) is 6.80. The maximum absolute atomic E-state index is 13.6. The highest BCUT2D eigenvalue weighted by Gasteiger charge is 2.20. The molecular weight excluding hydrogens is 307 g/mol. The Balaban J connectivity index is 1.97. The van der Waals surface area contributed by atoms with E-state index in [0.717, 1.165) is 0 Å². The summed E-state index contributed by atoms with van der Waals surface area (Å²) in [5.74, 6) is -0.297. The van der Waals surface area contributed by atoms with Crippen molar-refractivity contribution in [1.82, 2.24) is 15.5 Å². The van der Waals surface area contributed by atoms with Gasteiger partial charge in [-0.3, -0.25) is 5.32 Å². The Morgan fingerprint density at radius 3 is 2.77 bits per heavy atom. The van der Waals surface area contributed by atoms with Crippen LogP contribution in [-0.2, 0) is 6.42 Å². The van der Waals surface area contributed by atoms with Crippen molar-refractivity contribution in [3.8, 4) is 0 Å². The van der Waals surface area contributed by atoms with Gasteiger partial charge >= 0.3 is 6.03 Å². The Bertz CT molecular complexity index is 660. The van der Waals surface area contributed by atoms with E-state index < -0.39 is 11.6 Å². The molecule has 2 rings (SSSR count). The normalized spacial score (nSPS) is 11.3. The van der Waals surface area contributed by atoms with Crippen LogP contribution in [0.5, 0.6) is 0 Å². The van der Waals surface area contributed by atoms with Crippen LogP contribution in [-0.4, -0.2) is 33.5 Å². The van der Waals surface area contributed by atoms with Crippen LogP contribution >= 0.6 is 11.3 Å². The second-order valence-corrected chi connectivity index (χ2v) is 6.45. The Morgan fingerprint density at radius 2 is 2.09 bits per heavy atom. The second-order valence-electron chi connectivity index (χ2n) is 5.39. The summed E-state index contributed by atoms with van der Waals surface area (Å²) in [6, 6.07) is 5.97. The van der Waals surface area contributed by atoms with Crippen molar-refractivity contribution in [2.45, 2.75) is 25.8 Å². The van der Waals surface area contributed by atoms with Crippen LogP contribution in [0.1, 0.15) is 24.4 Å². The molecule has 1 aromatic carbocycles. The van der Waals surface area contributed by atoms with E-state index in [1.807, 2.05) is 0 Å². The standard InChI is InChI=1S/C14H17FN4O2S/c1-14(2,8-20)17-12(21)16-13-19-18-11(22-13)7-9-5-3-4-6-10(9)15/h3-6,20H,7-8H2,1-2H3,(H2,16,17,19,21). The predicted molar refractivity (Wildman–Crippen MR) is 82.4 cm³/mol. The van der Waals surface area contributed by atoms with Crippen LogP contribution < -0.4 is 10.6 Å². The lowest BCUT2D eigenvalue weighted by atomic mass is 10.1. The van der Waals surface area contributed by atoms with Gasteiger partial charge in [-0.1, -0.05) is 29.5 Å². The SMILES string of the molecule is CC(C)(CO)NC(=O)Nc1nnc(Cc2ccccc2F)s1. The zero-order chi connectivity index (χ0) is 16.2.